The van der Waals surface area contributed by atoms with E-state index in [-0.39, 0.29) is 17.9 Å². The Morgan fingerprint density at radius 1 is 1.30 bits per heavy atom. The fraction of sp³-hybridized carbons (Fsp3) is 0.526. The Balaban J connectivity index is 0.00000103. The van der Waals surface area contributed by atoms with Crippen LogP contribution in [0.25, 0.3) is 0 Å². The SMILES string of the molecule is C=CCO/C(=C\NC(C)=O)CC[C@H]1N[C@@H](C(=O)O)C[C@H]1/C=C\C.O=C(O)C(F)(F)F. The Kier molecular flexibility index (Phi) is 12.2. The molecule has 1 amide bonds. The van der Waals surface area contributed by atoms with Crippen molar-refractivity contribution in [3.63, 3.8) is 0 Å². The number of amides is 1. The van der Waals surface area contributed by atoms with Gasteiger partial charge in [0, 0.05) is 25.6 Å². The van der Waals surface area contributed by atoms with E-state index in [1.807, 2.05) is 19.1 Å². The maximum Gasteiger partial charge on any atom is 0.490 e. The molecule has 0 bridgehead atoms. The van der Waals surface area contributed by atoms with E-state index < -0.39 is 24.2 Å². The van der Waals surface area contributed by atoms with Crippen molar-refractivity contribution in [3.8, 4) is 0 Å². The highest BCUT2D eigenvalue weighted by Gasteiger charge is 2.38. The number of carboxylic acid groups (broad SMARTS) is 2. The second kappa shape index (κ2) is 13.4. The number of nitrogens with one attached hydrogen (secondary N) is 2. The zero-order chi connectivity index (χ0) is 23.3. The molecule has 0 aromatic rings. The summed E-state index contributed by atoms with van der Waals surface area (Å²) in [6.45, 7) is 7.33. The van der Waals surface area contributed by atoms with Crippen molar-refractivity contribution in [2.75, 3.05) is 6.61 Å². The molecule has 1 aliphatic heterocycles. The van der Waals surface area contributed by atoms with Gasteiger partial charge in [-0.15, -0.1) is 0 Å². The number of carboxylic acids is 2. The first-order valence-electron chi connectivity index (χ1n) is 9.03. The predicted octanol–water partition coefficient (Wildman–Crippen LogP) is 2.59. The summed E-state index contributed by atoms with van der Waals surface area (Å²) < 4.78 is 37.3. The van der Waals surface area contributed by atoms with Crippen LogP contribution in [-0.4, -0.2) is 52.9 Å². The Morgan fingerprint density at radius 2 is 1.90 bits per heavy atom. The maximum absolute atomic E-state index is 11.2. The number of carbonyl (C=O) groups is 3. The average Bonchev–Trinajstić information content (AvgIpc) is 3.04. The van der Waals surface area contributed by atoms with Gasteiger partial charge in [0.25, 0.3) is 0 Å². The molecule has 0 radical (unpaired) electrons. The van der Waals surface area contributed by atoms with Crippen molar-refractivity contribution in [2.45, 2.75) is 51.4 Å². The lowest BCUT2D eigenvalue weighted by atomic mass is 9.95. The number of allylic oxidation sites excluding steroid dienone is 2. The Labute approximate surface area is 172 Å². The van der Waals surface area contributed by atoms with E-state index in [9.17, 15) is 27.9 Å². The van der Waals surface area contributed by atoms with Crippen LogP contribution in [0.5, 0.6) is 0 Å². The Bertz CT molecular complexity index is 661. The molecule has 1 aliphatic rings. The van der Waals surface area contributed by atoms with E-state index in [1.54, 1.807) is 12.3 Å². The third-order valence-electron chi connectivity index (χ3n) is 3.94. The van der Waals surface area contributed by atoms with Gasteiger partial charge in [-0.05, 0) is 25.7 Å². The topological polar surface area (TPSA) is 125 Å². The molecule has 11 heteroatoms. The van der Waals surface area contributed by atoms with Gasteiger partial charge in [0.1, 0.15) is 18.4 Å². The molecular weight excluding hydrogens is 409 g/mol. The first-order chi connectivity index (χ1) is 13.9. The van der Waals surface area contributed by atoms with Gasteiger partial charge in [-0.3, -0.25) is 9.59 Å². The van der Waals surface area contributed by atoms with Crippen LogP contribution in [0.3, 0.4) is 0 Å². The standard InChI is InChI=1S/C17H26N2O4.C2HF3O2/c1-4-6-13-10-16(17(21)22)19-15(13)8-7-14(23-9-5-2)11-18-12(3)20;3-2(4,5)1(6)7/h4-6,11,13,15-16,19H,2,7-10H2,1,3H3,(H,18,20)(H,21,22);(H,6,7)/b6-4-,14-11-;/t13-,15-,16-;/m1./s1. The van der Waals surface area contributed by atoms with E-state index >= 15 is 0 Å². The van der Waals surface area contributed by atoms with Gasteiger partial charge in [0.05, 0.1) is 0 Å². The molecule has 1 saturated heterocycles. The summed E-state index contributed by atoms with van der Waals surface area (Å²) in [6, 6.07) is -0.446. The number of hydrogen-bond donors (Lipinski definition) is 4. The quantitative estimate of drug-likeness (QED) is 0.323. The number of halogens is 3. The minimum absolute atomic E-state index is 0.0698. The lowest BCUT2D eigenvalue weighted by Crippen LogP contribution is -2.36. The van der Waals surface area contributed by atoms with Crippen molar-refractivity contribution in [1.29, 1.82) is 0 Å². The molecule has 0 saturated carbocycles. The highest BCUT2D eigenvalue weighted by atomic mass is 19.4. The number of aliphatic carboxylic acids is 2. The Morgan fingerprint density at radius 3 is 2.33 bits per heavy atom. The molecule has 0 aromatic carbocycles. The first-order valence-corrected chi connectivity index (χ1v) is 9.03. The van der Waals surface area contributed by atoms with E-state index in [0.717, 1.165) is 6.42 Å². The molecule has 3 atom stereocenters. The smallest absolute Gasteiger partial charge is 0.490 e. The normalized spacial score (nSPS) is 21.5. The lowest BCUT2D eigenvalue weighted by Gasteiger charge is -2.18. The van der Waals surface area contributed by atoms with Crippen LogP contribution in [-0.2, 0) is 19.1 Å². The number of hydrogen-bond acceptors (Lipinski definition) is 5. The maximum atomic E-state index is 11.2. The van der Waals surface area contributed by atoms with Gasteiger partial charge in [0.15, 0.2) is 0 Å². The second-order valence-electron chi connectivity index (χ2n) is 6.34. The first kappa shape index (κ1) is 27.2. The van der Waals surface area contributed by atoms with Crippen molar-refractivity contribution in [1.82, 2.24) is 10.6 Å². The summed E-state index contributed by atoms with van der Waals surface area (Å²) in [7, 11) is 0. The fourth-order valence-corrected chi connectivity index (χ4v) is 2.65. The molecule has 4 N–H and O–H groups in total. The fourth-order valence-electron chi connectivity index (χ4n) is 2.65. The van der Waals surface area contributed by atoms with Crippen LogP contribution < -0.4 is 10.6 Å². The van der Waals surface area contributed by atoms with Gasteiger partial charge in [0.2, 0.25) is 5.91 Å². The van der Waals surface area contributed by atoms with Crippen molar-refractivity contribution >= 4 is 17.8 Å². The van der Waals surface area contributed by atoms with Gasteiger partial charge >= 0.3 is 18.1 Å². The predicted molar refractivity (Wildman–Crippen MR) is 102 cm³/mol. The van der Waals surface area contributed by atoms with Crippen LogP contribution in [0.1, 0.15) is 33.1 Å². The minimum atomic E-state index is -5.08. The van der Waals surface area contributed by atoms with Crippen LogP contribution in [0, 0.1) is 5.92 Å². The molecule has 1 heterocycles. The van der Waals surface area contributed by atoms with E-state index in [4.69, 9.17) is 14.6 Å². The molecule has 0 unspecified atom stereocenters. The molecule has 170 valence electrons. The zero-order valence-corrected chi connectivity index (χ0v) is 16.7. The summed E-state index contributed by atoms with van der Waals surface area (Å²) in [5.74, 6) is -2.91. The van der Waals surface area contributed by atoms with Crippen LogP contribution in [0.15, 0.2) is 36.8 Å². The van der Waals surface area contributed by atoms with Crippen molar-refractivity contribution in [3.05, 3.63) is 36.8 Å². The number of alkyl halides is 3. The molecule has 1 rings (SSSR count). The Hall–Kier alpha value is -2.82. The second-order valence-corrected chi connectivity index (χ2v) is 6.34. The average molecular weight is 436 g/mol. The summed E-state index contributed by atoms with van der Waals surface area (Å²) in [5, 5.41) is 22.1. The molecule has 1 fully saturated rings. The van der Waals surface area contributed by atoms with Crippen LogP contribution >= 0.6 is 0 Å². The molecular formula is C19H27F3N2O6. The number of carbonyl (C=O) groups excluding carboxylic acids is 1. The van der Waals surface area contributed by atoms with Crippen LogP contribution in [0.4, 0.5) is 13.2 Å². The van der Waals surface area contributed by atoms with Gasteiger partial charge in [-0.1, -0.05) is 24.8 Å². The van der Waals surface area contributed by atoms with Gasteiger partial charge in [-0.25, -0.2) is 4.79 Å². The molecule has 8 nitrogen and oxygen atoms in total. The minimum Gasteiger partial charge on any atom is -0.492 e. The van der Waals surface area contributed by atoms with Gasteiger partial charge in [-0.2, -0.15) is 13.2 Å². The zero-order valence-electron chi connectivity index (χ0n) is 16.7. The highest BCUT2D eigenvalue weighted by molar-refractivity contribution is 5.74. The summed E-state index contributed by atoms with van der Waals surface area (Å²) in [5.41, 5.74) is 0. The highest BCUT2D eigenvalue weighted by Crippen LogP contribution is 2.26. The van der Waals surface area contributed by atoms with Crippen molar-refractivity contribution < 1.29 is 42.5 Å². The molecule has 0 aromatic heterocycles. The third-order valence-corrected chi connectivity index (χ3v) is 3.94. The van der Waals surface area contributed by atoms with E-state index in [0.29, 0.717) is 25.2 Å². The van der Waals surface area contributed by atoms with E-state index in [2.05, 4.69) is 17.2 Å². The summed E-state index contributed by atoms with van der Waals surface area (Å²) in [4.78, 5) is 31.1. The van der Waals surface area contributed by atoms with Gasteiger partial charge < -0.3 is 25.6 Å². The van der Waals surface area contributed by atoms with Crippen molar-refractivity contribution in [2.24, 2.45) is 5.92 Å². The molecule has 0 spiro atoms. The number of rotatable bonds is 9. The van der Waals surface area contributed by atoms with Crippen LogP contribution in [0.2, 0.25) is 0 Å². The number of ether oxygens (including phenoxy) is 1. The summed E-state index contributed by atoms with van der Waals surface area (Å²) >= 11 is 0. The monoisotopic (exact) mass is 436 g/mol. The molecule has 0 aliphatic carbocycles. The molecule has 30 heavy (non-hydrogen) atoms. The summed E-state index contributed by atoms with van der Waals surface area (Å²) in [6.07, 6.45) is 4.02. The third kappa shape index (κ3) is 11.2. The lowest BCUT2D eigenvalue weighted by molar-refractivity contribution is -0.192. The largest absolute Gasteiger partial charge is 0.492 e. The van der Waals surface area contributed by atoms with E-state index in [1.165, 1.54) is 6.92 Å².